The van der Waals surface area contributed by atoms with E-state index in [-0.39, 0.29) is 22.4 Å². The zero-order chi connectivity index (χ0) is 36.8. The molecule has 48 heavy (non-hydrogen) atoms. The summed E-state index contributed by atoms with van der Waals surface area (Å²) in [6.07, 6.45) is 4.91. The van der Waals surface area contributed by atoms with E-state index < -0.39 is 0 Å². The summed E-state index contributed by atoms with van der Waals surface area (Å²) in [6, 6.07) is 0. The number of rotatable bonds is 8. The van der Waals surface area contributed by atoms with Crippen LogP contribution in [0.15, 0.2) is 23.3 Å². The van der Waals surface area contributed by atoms with Crippen LogP contribution >= 0.6 is 0 Å². The molecule has 0 aromatic carbocycles. The Morgan fingerprint density at radius 2 is 1.21 bits per heavy atom. The molecule has 0 aliphatic heterocycles. The van der Waals surface area contributed by atoms with E-state index >= 15 is 0 Å². The third-order valence-corrected chi connectivity index (χ3v) is 5.38. The molecule has 4 heterocycles. The highest BCUT2D eigenvalue weighted by Gasteiger charge is 2.14. The Balaban J connectivity index is 0.000000320. The third kappa shape index (κ3) is 21.3. The Labute approximate surface area is 285 Å². The second kappa shape index (κ2) is 18.8. The first-order chi connectivity index (χ1) is 21.9. The summed E-state index contributed by atoms with van der Waals surface area (Å²) < 4.78 is 32.2. The first kappa shape index (κ1) is 42.4. The van der Waals surface area contributed by atoms with Gasteiger partial charge in [-0.2, -0.15) is 10.2 Å². The molecule has 0 bridgehead atoms. The molecule has 16 heteroatoms. The predicted molar refractivity (Wildman–Crippen MR) is 180 cm³/mol. The zero-order valence-electron chi connectivity index (χ0n) is 32.0. The number of nitrogens with zero attached hydrogens (tertiary/aromatic N) is 11. The van der Waals surface area contributed by atoms with Crippen molar-refractivity contribution in [3.8, 4) is 0 Å². The Kier molecular flexibility index (Phi) is 16.6. The maximum Gasteiger partial charge on any atom is 0.242 e. The van der Waals surface area contributed by atoms with Gasteiger partial charge in [0.05, 0.1) is 40.9 Å². The molecule has 0 unspecified atom stereocenters. The fourth-order valence-corrected chi connectivity index (χ4v) is 2.87. The van der Waals surface area contributed by atoms with Gasteiger partial charge in [0.2, 0.25) is 11.8 Å². The molecule has 16 nitrogen and oxygen atoms in total. The van der Waals surface area contributed by atoms with Gasteiger partial charge in [0, 0.05) is 28.1 Å². The molecular weight excluding hydrogens is 618 g/mol. The molecule has 0 fully saturated rings. The molecule has 0 saturated carbocycles. The van der Waals surface area contributed by atoms with Crippen molar-refractivity contribution < 1.29 is 23.4 Å². The van der Waals surface area contributed by atoms with Gasteiger partial charge >= 0.3 is 0 Å². The highest BCUT2D eigenvalue weighted by Crippen LogP contribution is 2.12. The number of hydrogen-bond acceptors (Lipinski definition) is 13. The van der Waals surface area contributed by atoms with Gasteiger partial charge in [-0.05, 0) is 83.1 Å². The van der Waals surface area contributed by atoms with Crippen LogP contribution in [-0.2, 0) is 66.5 Å². The van der Waals surface area contributed by atoms with Crippen molar-refractivity contribution in [1.82, 2.24) is 54.7 Å². The third-order valence-electron chi connectivity index (χ3n) is 5.38. The lowest BCUT2D eigenvalue weighted by atomic mass is 10.2. The quantitative estimate of drug-likeness (QED) is 0.242. The van der Waals surface area contributed by atoms with Crippen molar-refractivity contribution in [3.63, 3.8) is 0 Å². The van der Waals surface area contributed by atoms with Crippen molar-refractivity contribution >= 4 is 0 Å². The summed E-state index contributed by atoms with van der Waals surface area (Å²) in [4.78, 5) is 8.09. The topological polar surface area (TPSA) is 168 Å². The van der Waals surface area contributed by atoms with Crippen LogP contribution in [-0.4, -0.2) is 77.1 Å². The van der Waals surface area contributed by atoms with E-state index in [0.717, 1.165) is 17.3 Å². The lowest BCUT2D eigenvalue weighted by Gasteiger charge is -2.18. The fourth-order valence-electron chi connectivity index (χ4n) is 2.87. The van der Waals surface area contributed by atoms with Gasteiger partial charge in [-0.25, -0.2) is 9.97 Å². The Hall–Kier alpha value is -3.60. The number of aromatic nitrogens is 11. The molecule has 0 saturated heterocycles. The summed E-state index contributed by atoms with van der Waals surface area (Å²) in [5, 5.41) is 23.1. The van der Waals surface area contributed by atoms with Gasteiger partial charge in [-0.1, -0.05) is 5.21 Å². The molecule has 0 radical (unpaired) electrons. The fraction of sp³-hybridized carbons (Fsp3) is 0.750. The SMILES string of the molecule is Cc1nnc(COC(C)(C)C)o1.Cn1cnc(COC(C)(C)C)n1.Cn1ncnc1COC(C)(C)C.Cn1nncc1COC(C)(C)C. The van der Waals surface area contributed by atoms with Crippen LogP contribution in [0.25, 0.3) is 0 Å². The summed E-state index contributed by atoms with van der Waals surface area (Å²) in [5.74, 6) is 2.68. The van der Waals surface area contributed by atoms with E-state index in [1.54, 1.807) is 33.5 Å². The Morgan fingerprint density at radius 1 is 0.667 bits per heavy atom. The molecule has 4 aromatic heterocycles. The number of hydrogen-bond donors (Lipinski definition) is 0. The van der Waals surface area contributed by atoms with Gasteiger partial charge in [-0.3, -0.25) is 14.0 Å². The molecule has 0 amide bonds. The molecule has 4 aromatic rings. The van der Waals surface area contributed by atoms with E-state index in [1.165, 1.54) is 6.33 Å². The average molecular weight is 678 g/mol. The molecule has 272 valence electrons. The smallest absolute Gasteiger partial charge is 0.242 e. The highest BCUT2D eigenvalue weighted by molar-refractivity contribution is 4.90. The van der Waals surface area contributed by atoms with E-state index in [4.69, 9.17) is 23.4 Å². The summed E-state index contributed by atoms with van der Waals surface area (Å²) >= 11 is 0. The minimum absolute atomic E-state index is 0.107. The molecule has 0 atom stereocenters. The number of aryl methyl sites for hydroxylation is 4. The number of ether oxygens (including phenoxy) is 4. The van der Waals surface area contributed by atoms with E-state index in [0.29, 0.717) is 38.2 Å². The van der Waals surface area contributed by atoms with Crippen LogP contribution in [0.3, 0.4) is 0 Å². The van der Waals surface area contributed by atoms with Gasteiger partial charge in [0.15, 0.2) is 11.6 Å². The maximum atomic E-state index is 5.55. The van der Waals surface area contributed by atoms with Crippen molar-refractivity contribution in [2.24, 2.45) is 21.1 Å². The normalized spacial score (nSPS) is 12.0. The van der Waals surface area contributed by atoms with Gasteiger partial charge in [-0.15, -0.1) is 15.3 Å². The standard InChI is InChI=1S/3C8H15N3O.C8H14N2O2/c1-8(2,3)12-5-7-9-6-11(4)10-7;1-8(2,3)12-5-7-9-6-10-11(7)4;1-8(2,3)12-6-7-5-9-10-11(7)4;1-6-9-10-7(12-6)5-11-8(2,3)4/h2*6H,5H2,1-4H3;5H,6H2,1-4H3;5H2,1-4H3. The molecule has 0 spiro atoms. The van der Waals surface area contributed by atoms with Gasteiger partial charge in [0.1, 0.15) is 32.5 Å². The van der Waals surface area contributed by atoms with Crippen molar-refractivity contribution in [2.45, 2.75) is 139 Å². The predicted octanol–water partition coefficient (Wildman–Crippen LogP) is 5.08. The molecule has 0 aliphatic rings. The highest BCUT2D eigenvalue weighted by atomic mass is 16.5. The monoisotopic (exact) mass is 677 g/mol. The first-order valence-corrected chi connectivity index (χ1v) is 15.8. The van der Waals surface area contributed by atoms with Crippen LogP contribution in [0.1, 0.15) is 112 Å². The van der Waals surface area contributed by atoms with Crippen LogP contribution in [0.4, 0.5) is 0 Å². The van der Waals surface area contributed by atoms with Gasteiger partial charge < -0.3 is 23.4 Å². The van der Waals surface area contributed by atoms with E-state index in [1.807, 2.05) is 104 Å². The zero-order valence-corrected chi connectivity index (χ0v) is 32.0. The average Bonchev–Trinajstić information content (AvgIpc) is 3.73. The van der Waals surface area contributed by atoms with Crippen LogP contribution in [0, 0.1) is 6.92 Å². The van der Waals surface area contributed by atoms with Gasteiger partial charge in [0.25, 0.3) is 0 Å². The lowest BCUT2D eigenvalue weighted by molar-refractivity contribution is -0.0246. The molecule has 0 N–H and O–H groups in total. The largest absolute Gasteiger partial charge is 0.423 e. The minimum atomic E-state index is -0.164. The van der Waals surface area contributed by atoms with Crippen molar-refractivity contribution in [2.75, 3.05) is 0 Å². The molecule has 0 aliphatic carbocycles. The maximum absolute atomic E-state index is 5.55. The summed E-state index contributed by atoms with van der Waals surface area (Å²) in [5.41, 5.74) is 0.475. The van der Waals surface area contributed by atoms with Crippen LogP contribution in [0.2, 0.25) is 0 Å². The Morgan fingerprint density at radius 3 is 1.62 bits per heavy atom. The van der Waals surface area contributed by atoms with E-state index in [2.05, 4.69) is 40.7 Å². The van der Waals surface area contributed by atoms with Crippen LogP contribution < -0.4 is 0 Å². The van der Waals surface area contributed by atoms with E-state index in [9.17, 15) is 0 Å². The second-order valence-electron chi connectivity index (χ2n) is 14.8. The lowest BCUT2D eigenvalue weighted by Crippen LogP contribution is -2.20. The molecule has 4 rings (SSSR count). The van der Waals surface area contributed by atoms with Crippen LogP contribution in [0.5, 0.6) is 0 Å². The minimum Gasteiger partial charge on any atom is -0.423 e. The van der Waals surface area contributed by atoms with Crippen molar-refractivity contribution in [1.29, 1.82) is 0 Å². The Bertz CT molecular complexity index is 1320. The summed E-state index contributed by atoms with van der Waals surface area (Å²) in [6.45, 7) is 27.8. The first-order valence-electron chi connectivity index (χ1n) is 15.8. The summed E-state index contributed by atoms with van der Waals surface area (Å²) in [7, 11) is 5.55. The molecular formula is C32H59N11O5. The second-order valence-corrected chi connectivity index (χ2v) is 14.8. The van der Waals surface area contributed by atoms with Crippen molar-refractivity contribution in [3.05, 3.63) is 48.0 Å².